The average molecular weight is 280 g/mol. The van der Waals surface area contributed by atoms with Gasteiger partial charge in [-0.1, -0.05) is 12.7 Å². The Hall–Kier alpha value is -2.41. The van der Waals surface area contributed by atoms with Crippen molar-refractivity contribution in [1.29, 1.82) is 0 Å². The molecule has 0 aliphatic rings. The lowest BCUT2D eigenvalue weighted by Gasteiger charge is -2.12. The van der Waals surface area contributed by atoms with Crippen molar-refractivity contribution in [2.75, 3.05) is 20.3 Å². The van der Waals surface area contributed by atoms with Crippen LogP contribution in [0.4, 0.5) is 0 Å². The summed E-state index contributed by atoms with van der Waals surface area (Å²) in [7, 11) is 1.25. The minimum Gasteiger partial charge on any atom is -0.487 e. The molecule has 0 aliphatic carbocycles. The minimum atomic E-state index is -1.16. The molecule has 7 heteroatoms. The lowest BCUT2D eigenvalue weighted by Crippen LogP contribution is -2.38. The van der Waals surface area contributed by atoms with Gasteiger partial charge in [0.25, 0.3) is 5.91 Å². The molecule has 1 heterocycles. The number of aromatic nitrogens is 1. The Kier molecular flexibility index (Phi) is 6.18. The van der Waals surface area contributed by atoms with E-state index in [1.165, 1.54) is 13.3 Å². The highest BCUT2D eigenvalue weighted by Gasteiger charge is 2.19. The van der Waals surface area contributed by atoms with Crippen molar-refractivity contribution in [2.24, 2.45) is 0 Å². The molecule has 0 aliphatic heterocycles. The number of nitrogens with one attached hydrogen (secondary N) is 1. The van der Waals surface area contributed by atoms with Gasteiger partial charge in [0.1, 0.15) is 6.61 Å². The number of hydrogen-bond donors (Lipinski definition) is 2. The lowest BCUT2D eigenvalue weighted by molar-refractivity contribution is -0.148. The third-order valence-corrected chi connectivity index (χ3v) is 2.35. The summed E-state index contributed by atoms with van der Waals surface area (Å²) in [5.41, 5.74) is 0.0783. The molecule has 20 heavy (non-hydrogen) atoms. The summed E-state index contributed by atoms with van der Waals surface area (Å²) in [4.78, 5) is 26.6. The zero-order chi connectivity index (χ0) is 15.0. The van der Waals surface area contributed by atoms with Crippen LogP contribution < -0.4 is 10.1 Å². The first-order chi connectivity index (χ1) is 9.60. The highest BCUT2D eigenvalue weighted by molar-refractivity contribution is 5.95. The molecule has 0 radical (unpaired) electrons. The Labute approximate surface area is 116 Å². The lowest BCUT2D eigenvalue weighted by atomic mass is 10.3. The van der Waals surface area contributed by atoms with Crippen LogP contribution in [0.15, 0.2) is 31.0 Å². The number of carbonyl (C=O) groups excluding carboxylic acids is 1. The molecular weight excluding hydrogens is 264 g/mol. The fourth-order valence-corrected chi connectivity index (χ4v) is 1.37. The van der Waals surface area contributed by atoms with Crippen LogP contribution in [0, 0.1) is 0 Å². The summed E-state index contributed by atoms with van der Waals surface area (Å²) in [6, 6.07) is 3.22. The Bertz CT molecular complexity index is 489. The molecule has 7 nitrogen and oxygen atoms in total. The van der Waals surface area contributed by atoms with E-state index in [-0.39, 0.29) is 18.8 Å². The maximum Gasteiger partial charge on any atom is 0.334 e. The molecule has 2 N–H and O–H groups in total. The van der Waals surface area contributed by atoms with Gasteiger partial charge in [-0.15, -0.1) is 0 Å². The number of methoxy groups -OCH3 is 1. The van der Waals surface area contributed by atoms with Gasteiger partial charge in [-0.05, 0) is 12.1 Å². The molecule has 0 spiro atoms. The predicted molar refractivity (Wildman–Crippen MR) is 70.7 cm³/mol. The summed E-state index contributed by atoms with van der Waals surface area (Å²) in [5, 5.41) is 11.2. The predicted octanol–water partition coefficient (Wildman–Crippen LogP) is 0.476. The molecule has 1 aromatic heterocycles. The number of nitrogens with zero attached hydrogens (tertiary/aromatic N) is 1. The molecule has 0 fully saturated rings. The van der Waals surface area contributed by atoms with Crippen LogP contribution in [-0.4, -0.2) is 48.3 Å². The van der Waals surface area contributed by atoms with E-state index in [1.54, 1.807) is 18.2 Å². The van der Waals surface area contributed by atoms with E-state index in [4.69, 9.17) is 14.6 Å². The average Bonchev–Trinajstić information content (AvgIpc) is 2.45. The zero-order valence-corrected chi connectivity index (χ0v) is 11.0. The molecule has 1 aromatic rings. The quantitative estimate of drug-likeness (QED) is 0.672. The van der Waals surface area contributed by atoms with Gasteiger partial charge >= 0.3 is 5.97 Å². The summed E-state index contributed by atoms with van der Waals surface area (Å²) in [6.07, 6.45) is 1.88. The van der Waals surface area contributed by atoms with Gasteiger partial charge in [0.2, 0.25) is 0 Å². The second kappa shape index (κ2) is 7.90. The summed E-state index contributed by atoms with van der Waals surface area (Å²) in [6.45, 7) is 3.59. The molecule has 0 bridgehead atoms. The highest BCUT2D eigenvalue weighted by Crippen LogP contribution is 2.15. The van der Waals surface area contributed by atoms with Gasteiger partial charge in [-0.25, -0.2) is 9.78 Å². The van der Waals surface area contributed by atoms with Gasteiger partial charge < -0.3 is 19.9 Å². The number of pyridine rings is 1. The standard InChI is InChI=1S/C13H16N2O5/c1-3-7-20-9-5-4-6-14-11(9)12(16)15-8-10(19-2)13(17)18/h3-6,10H,1,7-8H2,2H3,(H,15,16)(H,17,18). The third-order valence-electron chi connectivity index (χ3n) is 2.35. The number of carboxylic acids is 1. The molecule has 1 unspecified atom stereocenters. The fraction of sp³-hybridized carbons (Fsp3) is 0.308. The maximum absolute atomic E-state index is 11.9. The minimum absolute atomic E-state index is 0.0783. The van der Waals surface area contributed by atoms with Gasteiger partial charge in [0.15, 0.2) is 17.5 Å². The van der Waals surface area contributed by atoms with Crippen LogP contribution in [-0.2, 0) is 9.53 Å². The number of rotatable bonds is 8. The topological polar surface area (TPSA) is 97.8 Å². The van der Waals surface area contributed by atoms with Crippen LogP contribution in [0.2, 0.25) is 0 Å². The molecule has 1 amide bonds. The maximum atomic E-state index is 11.9. The number of ether oxygens (including phenoxy) is 2. The first-order valence-electron chi connectivity index (χ1n) is 5.82. The summed E-state index contributed by atoms with van der Waals surface area (Å²) >= 11 is 0. The van der Waals surface area contributed by atoms with Crippen LogP contribution >= 0.6 is 0 Å². The molecule has 1 rings (SSSR count). The van der Waals surface area contributed by atoms with Crippen molar-refractivity contribution in [3.05, 3.63) is 36.7 Å². The Balaban J connectivity index is 2.72. The van der Waals surface area contributed by atoms with Gasteiger partial charge in [-0.2, -0.15) is 0 Å². The number of aliphatic carboxylic acids is 1. The van der Waals surface area contributed by atoms with E-state index >= 15 is 0 Å². The number of hydrogen-bond acceptors (Lipinski definition) is 5. The molecular formula is C13H16N2O5. The normalized spacial score (nSPS) is 11.4. The van der Waals surface area contributed by atoms with E-state index in [0.717, 1.165) is 0 Å². The Morgan fingerprint density at radius 1 is 1.60 bits per heavy atom. The van der Waals surface area contributed by atoms with E-state index in [2.05, 4.69) is 16.9 Å². The Morgan fingerprint density at radius 3 is 2.95 bits per heavy atom. The van der Waals surface area contributed by atoms with Crippen molar-refractivity contribution < 1.29 is 24.2 Å². The van der Waals surface area contributed by atoms with Crippen LogP contribution in [0.5, 0.6) is 5.75 Å². The summed E-state index contributed by atoms with van der Waals surface area (Å²) < 4.78 is 10.0. The number of amides is 1. The van der Waals surface area contributed by atoms with E-state index in [0.29, 0.717) is 5.75 Å². The monoisotopic (exact) mass is 280 g/mol. The smallest absolute Gasteiger partial charge is 0.334 e. The second-order valence-electron chi connectivity index (χ2n) is 3.72. The van der Waals surface area contributed by atoms with Gasteiger partial charge in [0, 0.05) is 13.3 Å². The molecule has 1 atom stereocenters. The van der Waals surface area contributed by atoms with Crippen LogP contribution in [0.3, 0.4) is 0 Å². The van der Waals surface area contributed by atoms with Gasteiger partial charge in [0.05, 0.1) is 6.54 Å². The van der Waals surface area contributed by atoms with Gasteiger partial charge in [-0.3, -0.25) is 4.79 Å². The largest absolute Gasteiger partial charge is 0.487 e. The first-order valence-corrected chi connectivity index (χ1v) is 5.82. The number of carboxylic acid groups (broad SMARTS) is 1. The zero-order valence-electron chi connectivity index (χ0n) is 11.0. The second-order valence-corrected chi connectivity index (χ2v) is 3.72. The van der Waals surface area contributed by atoms with Crippen molar-refractivity contribution >= 4 is 11.9 Å². The Morgan fingerprint density at radius 2 is 2.35 bits per heavy atom. The van der Waals surface area contributed by atoms with Crippen molar-refractivity contribution in [3.63, 3.8) is 0 Å². The molecule has 0 saturated heterocycles. The molecule has 108 valence electrons. The molecule has 0 aromatic carbocycles. The van der Waals surface area contributed by atoms with Crippen LogP contribution in [0.25, 0.3) is 0 Å². The number of carbonyl (C=O) groups is 2. The van der Waals surface area contributed by atoms with E-state index < -0.39 is 18.0 Å². The third kappa shape index (κ3) is 4.36. The van der Waals surface area contributed by atoms with Crippen LogP contribution in [0.1, 0.15) is 10.5 Å². The first kappa shape index (κ1) is 15.6. The summed E-state index contributed by atoms with van der Waals surface area (Å²) in [5.74, 6) is -1.39. The van der Waals surface area contributed by atoms with E-state index in [1.807, 2.05) is 0 Å². The van der Waals surface area contributed by atoms with Crippen molar-refractivity contribution in [3.8, 4) is 5.75 Å². The molecule has 0 saturated carbocycles. The fourth-order valence-electron chi connectivity index (χ4n) is 1.37. The van der Waals surface area contributed by atoms with Crippen molar-refractivity contribution in [1.82, 2.24) is 10.3 Å². The SMILES string of the molecule is C=CCOc1cccnc1C(=O)NCC(OC)C(=O)O. The highest BCUT2D eigenvalue weighted by atomic mass is 16.5. The van der Waals surface area contributed by atoms with Crippen molar-refractivity contribution in [2.45, 2.75) is 6.10 Å². The van der Waals surface area contributed by atoms with E-state index in [9.17, 15) is 9.59 Å².